The number of hydrogen-bond acceptors (Lipinski definition) is 6. The van der Waals surface area contributed by atoms with Gasteiger partial charge in [0.05, 0.1) is 18.7 Å². The second kappa shape index (κ2) is 8.25. The fourth-order valence-corrected chi connectivity index (χ4v) is 4.41. The monoisotopic (exact) mass is 441 g/mol. The lowest BCUT2D eigenvalue weighted by Gasteiger charge is -2.26. The van der Waals surface area contributed by atoms with Crippen molar-refractivity contribution >= 4 is 28.2 Å². The van der Waals surface area contributed by atoms with E-state index in [1.807, 2.05) is 63.9 Å². The van der Waals surface area contributed by atoms with E-state index < -0.39 is 0 Å². The molecular weight excluding hydrogens is 418 g/mol. The Bertz CT molecular complexity index is 1450. The summed E-state index contributed by atoms with van der Waals surface area (Å²) in [5.41, 5.74) is 2.68. The minimum absolute atomic E-state index is 0.170. The van der Waals surface area contributed by atoms with Gasteiger partial charge in [-0.1, -0.05) is 42.5 Å². The molecule has 1 saturated heterocycles. The highest BCUT2D eigenvalue weighted by atomic mass is 16.5. The molecule has 0 aliphatic carbocycles. The predicted octanol–water partition coefficient (Wildman–Crippen LogP) is 2.77. The smallest absolute Gasteiger partial charge is 0.258 e. The molecule has 0 N–H and O–H groups in total. The Morgan fingerprint density at radius 2 is 1.76 bits per heavy atom. The summed E-state index contributed by atoms with van der Waals surface area (Å²) in [6, 6.07) is 18.0. The van der Waals surface area contributed by atoms with Crippen LogP contribution in [0.4, 0.5) is 0 Å². The van der Waals surface area contributed by atoms with E-state index in [-0.39, 0.29) is 5.91 Å². The molecular formula is C24H23N7O2. The van der Waals surface area contributed by atoms with E-state index in [0.717, 1.165) is 27.9 Å². The predicted molar refractivity (Wildman–Crippen MR) is 123 cm³/mol. The molecule has 1 fully saturated rings. The molecule has 3 aromatic heterocycles. The molecule has 33 heavy (non-hydrogen) atoms. The summed E-state index contributed by atoms with van der Waals surface area (Å²) in [5, 5.41) is 14.7. The van der Waals surface area contributed by atoms with Gasteiger partial charge in [0.1, 0.15) is 5.82 Å². The number of carbonyl (C=O) groups excluding carboxylic acids is 1. The van der Waals surface area contributed by atoms with Gasteiger partial charge in [-0.15, -0.1) is 15.3 Å². The molecule has 0 unspecified atom stereocenters. The van der Waals surface area contributed by atoms with E-state index in [1.165, 1.54) is 0 Å². The van der Waals surface area contributed by atoms with Gasteiger partial charge in [-0.3, -0.25) is 9.20 Å². The van der Waals surface area contributed by atoms with Crippen LogP contribution >= 0.6 is 0 Å². The van der Waals surface area contributed by atoms with Gasteiger partial charge in [-0.25, -0.2) is 4.98 Å². The molecule has 5 aromatic rings. The first-order chi connectivity index (χ1) is 16.3. The van der Waals surface area contributed by atoms with Gasteiger partial charge in [-0.2, -0.15) is 4.52 Å². The lowest BCUT2D eigenvalue weighted by molar-refractivity contribution is -0.135. The summed E-state index contributed by atoms with van der Waals surface area (Å²) < 4.78 is 9.14. The van der Waals surface area contributed by atoms with Crippen molar-refractivity contribution < 1.29 is 9.53 Å². The molecule has 0 saturated carbocycles. The van der Waals surface area contributed by atoms with Crippen molar-refractivity contribution in [1.82, 2.24) is 34.1 Å². The molecule has 2 aromatic carbocycles. The van der Waals surface area contributed by atoms with Crippen molar-refractivity contribution in [1.29, 1.82) is 0 Å². The maximum atomic E-state index is 12.5. The third-order valence-electron chi connectivity index (χ3n) is 6.08. The Morgan fingerprint density at radius 1 is 0.970 bits per heavy atom. The molecule has 1 amide bonds. The van der Waals surface area contributed by atoms with E-state index in [4.69, 9.17) is 14.8 Å². The zero-order valence-corrected chi connectivity index (χ0v) is 18.1. The van der Waals surface area contributed by atoms with Gasteiger partial charge in [0.15, 0.2) is 11.5 Å². The van der Waals surface area contributed by atoms with Crippen molar-refractivity contribution in [2.24, 2.45) is 0 Å². The van der Waals surface area contributed by atoms with Crippen LogP contribution in [-0.4, -0.2) is 66.3 Å². The van der Waals surface area contributed by atoms with Crippen LogP contribution < -0.4 is 0 Å². The van der Waals surface area contributed by atoms with Gasteiger partial charge >= 0.3 is 0 Å². The largest absolute Gasteiger partial charge is 0.378 e. The van der Waals surface area contributed by atoms with Crippen molar-refractivity contribution in [3.05, 3.63) is 60.4 Å². The van der Waals surface area contributed by atoms with E-state index >= 15 is 0 Å². The number of aromatic nitrogens is 6. The zero-order chi connectivity index (χ0) is 22.2. The molecule has 6 rings (SSSR count). The summed E-state index contributed by atoms with van der Waals surface area (Å²) >= 11 is 0. The second-order valence-corrected chi connectivity index (χ2v) is 8.15. The van der Waals surface area contributed by atoms with Crippen molar-refractivity contribution in [3.8, 4) is 11.4 Å². The maximum absolute atomic E-state index is 12.5. The van der Waals surface area contributed by atoms with Gasteiger partial charge in [0, 0.05) is 36.9 Å². The van der Waals surface area contributed by atoms with Crippen molar-refractivity contribution in [2.45, 2.75) is 19.3 Å². The summed E-state index contributed by atoms with van der Waals surface area (Å²) in [6.07, 6.45) is 1.83. The molecule has 1 aliphatic heterocycles. The highest BCUT2D eigenvalue weighted by Crippen LogP contribution is 2.25. The van der Waals surface area contributed by atoms with Crippen LogP contribution in [0.2, 0.25) is 0 Å². The number of para-hydroxylation sites is 1. The normalized spacial score (nSPS) is 14.5. The van der Waals surface area contributed by atoms with E-state index in [9.17, 15) is 4.79 Å². The third kappa shape index (κ3) is 3.50. The van der Waals surface area contributed by atoms with Gasteiger partial charge in [-0.05, 0) is 18.6 Å². The zero-order valence-electron chi connectivity index (χ0n) is 18.1. The average molecular weight is 441 g/mol. The molecule has 0 atom stereocenters. The minimum Gasteiger partial charge on any atom is -0.378 e. The van der Waals surface area contributed by atoms with Crippen molar-refractivity contribution in [3.63, 3.8) is 0 Å². The summed E-state index contributed by atoms with van der Waals surface area (Å²) in [7, 11) is 0. The minimum atomic E-state index is 0.170. The van der Waals surface area contributed by atoms with Gasteiger partial charge in [0.2, 0.25) is 5.91 Å². The van der Waals surface area contributed by atoms with Crippen LogP contribution in [0.15, 0.2) is 54.6 Å². The Labute approximate surface area is 189 Å². The van der Waals surface area contributed by atoms with E-state index in [2.05, 4.69) is 10.2 Å². The van der Waals surface area contributed by atoms with Crippen LogP contribution in [0.25, 0.3) is 33.7 Å². The van der Waals surface area contributed by atoms with Gasteiger partial charge in [0.25, 0.3) is 5.78 Å². The highest BCUT2D eigenvalue weighted by molar-refractivity contribution is 5.94. The van der Waals surface area contributed by atoms with Crippen LogP contribution in [0.5, 0.6) is 0 Å². The van der Waals surface area contributed by atoms with Crippen molar-refractivity contribution in [2.75, 3.05) is 26.3 Å². The summed E-state index contributed by atoms with van der Waals surface area (Å²) in [6.45, 7) is 2.58. The number of ether oxygens (including phenoxy) is 1. The Balaban J connectivity index is 1.37. The molecule has 4 heterocycles. The molecule has 1 aliphatic rings. The first-order valence-electron chi connectivity index (χ1n) is 11.2. The number of hydrogen-bond donors (Lipinski definition) is 0. The number of amides is 1. The number of rotatable bonds is 5. The van der Waals surface area contributed by atoms with E-state index in [0.29, 0.717) is 57.2 Å². The lowest BCUT2D eigenvalue weighted by Crippen LogP contribution is -2.40. The first-order valence-corrected chi connectivity index (χ1v) is 11.2. The summed E-state index contributed by atoms with van der Waals surface area (Å²) in [4.78, 5) is 19.2. The number of aryl methyl sites for hydroxylation is 1. The van der Waals surface area contributed by atoms with Crippen LogP contribution in [-0.2, 0) is 16.0 Å². The number of fused-ring (bicyclic) bond motifs is 6. The Hall–Kier alpha value is -3.85. The highest BCUT2D eigenvalue weighted by Gasteiger charge is 2.20. The molecule has 9 nitrogen and oxygen atoms in total. The first kappa shape index (κ1) is 19.8. The standard InChI is InChI=1S/C24H23N7O2/c32-21(29-13-15-33-16-14-29)12-6-11-20-26-27-24-30(20)19-10-5-4-9-18(19)23-25-22(28-31(23)24)17-7-2-1-3-8-17/h1-5,7-10H,6,11-16H2. The van der Waals surface area contributed by atoms with E-state index in [1.54, 1.807) is 4.52 Å². The molecule has 0 spiro atoms. The fourth-order valence-electron chi connectivity index (χ4n) is 4.41. The number of morpholine rings is 1. The maximum Gasteiger partial charge on any atom is 0.258 e. The molecule has 9 heteroatoms. The molecule has 0 radical (unpaired) electrons. The number of nitrogens with zero attached hydrogens (tertiary/aromatic N) is 7. The van der Waals surface area contributed by atoms with Gasteiger partial charge < -0.3 is 9.64 Å². The SMILES string of the molecule is O=C(CCCc1nnc2n3nc(-c4ccccc4)nc3c3ccccc3n12)N1CCOCC1. The third-order valence-corrected chi connectivity index (χ3v) is 6.08. The Kier molecular flexibility index (Phi) is 4.95. The number of carbonyl (C=O) groups is 1. The summed E-state index contributed by atoms with van der Waals surface area (Å²) in [5.74, 6) is 2.25. The van der Waals surface area contributed by atoms with Crippen LogP contribution in [0, 0.1) is 0 Å². The topological polar surface area (TPSA) is 89.9 Å². The van der Waals surface area contributed by atoms with Crippen LogP contribution in [0.3, 0.4) is 0 Å². The Morgan fingerprint density at radius 3 is 2.61 bits per heavy atom. The lowest BCUT2D eigenvalue weighted by atomic mass is 10.2. The number of benzene rings is 2. The second-order valence-electron chi connectivity index (χ2n) is 8.15. The fraction of sp³-hybridized carbons (Fsp3) is 0.292. The van der Waals surface area contributed by atoms with Crippen LogP contribution in [0.1, 0.15) is 18.7 Å². The average Bonchev–Trinajstić information content (AvgIpc) is 3.50. The molecule has 0 bridgehead atoms. The quantitative estimate of drug-likeness (QED) is 0.417. The molecule has 166 valence electrons.